The maximum absolute atomic E-state index is 5.66. The average Bonchev–Trinajstić information content (AvgIpc) is 2.24. The molecule has 0 aromatic carbocycles. The van der Waals surface area contributed by atoms with Crippen molar-refractivity contribution in [3.63, 3.8) is 0 Å². The van der Waals surface area contributed by atoms with Gasteiger partial charge in [0.25, 0.3) is 0 Å². The molecule has 0 rings (SSSR count). The van der Waals surface area contributed by atoms with Crippen molar-refractivity contribution in [3.8, 4) is 0 Å². The van der Waals surface area contributed by atoms with Crippen LogP contribution in [-0.4, -0.2) is 45.5 Å². The monoisotopic (exact) mass is 268 g/mol. The molecule has 0 N–H and O–H groups in total. The molecule has 92 valence electrons. The lowest BCUT2D eigenvalue weighted by atomic mass is 10.5. The van der Waals surface area contributed by atoms with Crippen LogP contribution in [-0.2, 0) is 13.3 Å². The van der Waals surface area contributed by atoms with E-state index in [0.717, 1.165) is 18.6 Å². The van der Waals surface area contributed by atoms with Gasteiger partial charge in [0.05, 0.1) is 0 Å². The van der Waals surface area contributed by atoms with Gasteiger partial charge in [-0.25, -0.2) is 0 Å². The van der Waals surface area contributed by atoms with Crippen molar-refractivity contribution in [2.45, 2.75) is 19.8 Å². The molecule has 0 aliphatic rings. The zero-order chi connectivity index (χ0) is 10.9. The Hall–Kier alpha value is 0.404. The Bertz CT molecular complexity index is 154. The van der Waals surface area contributed by atoms with Crippen LogP contribution in [0.25, 0.3) is 0 Å². The van der Waals surface area contributed by atoms with Crippen LogP contribution >= 0.6 is 11.2 Å². The van der Waals surface area contributed by atoms with E-state index in [1.54, 1.807) is 25.4 Å². The van der Waals surface area contributed by atoms with E-state index < -0.39 is 7.95 Å². The molecule has 0 radical (unpaired) electrons. The summed E-state index contributed by atoms with van der Waals surface area (Å²) >= 11 is 1.66. The van der Waals surface area contributed by atoms with Gasteiger partial charge in [0.15, 0.2) is 0 Å². The fourth-order valence-corrected chi connectivity index (χ4v) is 4.97. The molecule has 0 aliphatic heterocycles. The van der Waals surface area contributed by atoms with Crippen LogP contribution in [0.1, 0.15) is 19.8 Å². The standard InChI is InChI=1S/C9H20O3SSi.H4Si/c1-5-7-8-12-14(10-3,11-4)13-9-6-2;/h5H,1,6-9H2,2-4H3;1H4. The van der Waals surface area contributed by atoms with Gasteiger partial charge in [-0.15, -0.1) is 6.58 Å². The molecule has 0 atom stereocenters. The Morgan fingerprint density at radius 1 is 1.33 bits per heavy atom. The summed E-state index contributed by atoms with van der Waals surface area (Å²) in [5, 5.41) is 0. The third-order valence-electron chi connectivity index (χ3n) is 1.58. The maximum atomic E-state index is 5.66. The lowest BCUT2D eigenvalue weighted by Crippen LogP contribution is -2.41. The van der Waals surface area contributed by atoms with Gasteiger partial charge in [-0.2, -0.15) is 0 Å². The molecule has 0 unspecified atom stereocenters. The second-order valence-corrected chi connectivity index (χ2v) is 7.85. The number of hydrogen-bond acceptors (Lipinski definition) is 4. The zero-order valence-corrected chi connectivity index (χ0v) is 11.1. The lowest BCUT2D eigenvalue weighted by Gasteiger charge is -2.24. The summed E-state index contributed by atoms with van der Waals surface area (Å²) in [6.45, 7) is 6.39. The summed E-state index contributed by atoms with van der Waals surface area (Å²) in [6.07, 6.45) is 3.75. The SMILES string of the molecule is C=CCCO[Si](OC)(OC)SCCC.[SiH4]. The van der Waals surface area contributed by atoms with Crippen molar-refractivity contribution in [1.82, 2.24) is 0 Å². The van der Waals surface area contributed by atoms with E-state index in [0.29, 0.717) is 6.61 Å². The van der Waals surface area contributed by atoms with Gasteiger partial charge < -0.3 is 13.3 Å². The first-order valence-electron chi connectivity index (χ1n) is 4.73. The van der Waals surface area contributed by atoms with Crippen molar-refractivity contribution >= 4 is 30.1 Å². The highest BCUT2D eigenvalue weighted by Crippen LogP contribution is 2.23. The molecule has 0 saturated heterocycles. The summed E-state index contributed by atoms with van der Waals surface area (Å²) in [5.41, 5.74) is 0. The molecule has 0 heterocycles. The molecule has 0 bridgehead atoms. The van der Waals surface area contributed by atoms with E-state index in [1.807, 2.05) is 6.08 Å². The Morgan fingerprint density at radius 2 is 1.93 bits per heavy atom. The fraction of sp³-hybridized carbons (Fsp3) is 0.778. The van der Waals surface area contributed by atoms with E-state index in [2.05, 4.69) is 13.5 Å². The van der Waals surface area contributed by atoms with Gasteiger partial charge in [0.2, 0.25) is 0 Å². The van der Waals surface area contributed by atoms with Crippen LogP contribution in [0.15, 0.2) is 12.7 Å². The Balaban J connectivity index is 0. The fourth-order valence-electron chi connectivity index (χ4n) is 0.855. The largest absolute Gasteiger partial charge is 0.572 e. The van der Waals surface area contributed by atoms with Gasteiger partial charge in [0, 0.05) is 20.8 Å². The van der Waals surface area contributed by atoms with Crippen LogP contribution in [0.4, 0.5) is 0 Å². The first-order valence-corrected chi connectivity index (χ1v) is 8.17. The minimum absolute atomic E-state index is 0. The van der Waals surface area contributed by atoms with Gasteiger partial charge in [-0.05, 0) is 29.6 Å². The Morgan fingerprint density at radius 3 is 2.33 bits per heavy atom. The van der Waals surface area contributed by atoms with Gasteiger partial charge in [-0.1, -0.05) is 24.2 Å². The molecular formula is C9H24O3SSi2. The molecule has 0 fully saturated rings. The third kappa shape index (κ3) is 7.32. The van der Waals surface area contributed by atoms with E-state index >= 15 is 0 Å². The highest BCUT2D eigenvalue weighted by atomic mass is 32.4. The second-order valence-electron chi connectivity index (χ2n) is 2.68. The highest BCUT2D eigenvalue weighted by molar-refractivity contribution is 8.26. The predicted octanol–water partition coefficient (Wildman–Crippen LogP) is 0.999. The van der Waals surface area contributed by atoms with Crippen LogP contribution in [0, 0.1) is 0 Å². The summed E-state index contributed by atoms with van der Waals surface area (Å²) < 4.78 is 16.4. The number of rotatable bonds is 9. The quantitative estimate of drug-likeness (QED) is 0.354. The molecule has 0 aromatic heterocycles. The first-order chi connectivity index (χ1) is 6.74. The predicted molar refractivity (Wildman–Crippen MR) is 74.6 cm³/mol. The molecule has 0 spiro atoms. The highest BCUT2D eigenvalue weighted by Gasteiger charge is 2.40. The van der Waals surface area contributed by atoms with Crippen molar-refractivity contribution in [3.05, 3.63) is 12.7 Å². The van der Waals surface area contributed by atoms with Crippen molar-refractivity contribution < 1.29 is 13.3 Å². The summed E-state index contributed by atoms with van der Waals surface area (Å²) in [6, 6.07) is 0. The van der Waals surface area contributed by atoms with Gasteiger partial charge >= 0.3 is 7.95 Å². The summed E-state index contributed by atoms with van der Waals surface area (Å²) in [7, 11) is 0.857. The van der Waals surface area contributed by atoms with Crippen LogP contribution in [0.5, 0.6) is 0 Å². The molecule has 0 saturated carbocycles. The van der Waals surface area contributed by atoms with Crippen LogP contribution in [0.3, 0.4) is 0 Å². The zero-order valence-electron chi connectivity index (χ0n) is 9.25. The first kappa shape index (κ1) is 17.8. The van der Waals surface area contributed by atoms with E-state index in [1.165, 1.54) is 0 Å². The molecule has 0 amide bonds. The maximum Gasteiger partial charge on any atom is 0.572 e. The smallest absolute Gasteiger partial charge is 0.369 e. The number of hydrogen-bond donors (Lipinski definition) is 0. The topological polar surface area (TPSA) is 27.7 Å². The molecule has 6 heteroatoms. The molecular weight excluding hydrogens is 244 g/mol. The molecule has 15 heavy (non-hydrogen) atoms. The van der Waals surface area contributed by atoms with Gasteiger partial charge in [-0.3, -0.25) is 0 Å². The van der Waals surface area contributed by atoms with Crippen molar-refractivity contribution in [2.24, 2.45) is 0 Å². The second kappa shape index (κ2) is 10.9. The van der Waals surface area contributed by atoms with Crippen molar-refractivity contribution in [1.29, 1.82) is 0 Å². The lowest BCUT2D eigenvalue weighted by molar-refractivity contribution is 0.127. The minimum Gasteiger partial charge on any atom is -0.369 e. The van der Waals surface area contributed by atoms with Crippen LogP contribution < -0.4 is 0 Å². The van der Waals surface area contributed by atoms with Gasteiger partial charge in [0.1, 0.15) is 0 Å². The molecule has 3 nitrogen and oxygen atoms in total. The van der Waals surface area contributed by atoms with E-state index in [-0.39, 0.29) is 11.0 Å². The molecule has 0 aromatic rings. The van der Waals surface area contributed by atoms with E-state index in [9.17, 15) is 0 Å². The summed E-state index contributed by atoms with van der Waals surface area (Å²) in [4.78, 5) is 0. The Kier molecular flexibility index (Phi) is 12.9. The minimum atomic E-state index is -2.43. The third-order valence-corrected chi connectivity index (χ3v) is 7.13. The van der Waals surface area contributed by atoms with Crippen molar-refractivity contribution in [2.75, 3.05) is 26.6 Å². The Labute approximate surface area is 103 Å². The average molecular weight is 269 g/mol. The summed E-state index contributed by atoms with van der Waals surface area (Å²) in [5.74, 6) is 1.00. The molecule has 0 aliphatic carbocycles. The van der Waals surface area contributed by atoms with E-state index in [4.69, 9.17) is 13.3 Å². The van der Waals surface area contributed by atoms with Crippen LogP contribution in [0.2, 0.25) is 0 Å². The normalized spacial score (nSPS) is 10.9.